The van der Waals surface area contributed by atoms with Crippen LogP contribution in [-0.4, -0.2) is 42.3 Å². The molecule has 2 heterocycles. The molecule has 0 radical (unpaired) electrons. The smallest absolute Gasteiger partial charge is 0.253 e. The SMILES string of the molecule is O=C(NCc1ccccc1)C1CCN(C(=O)c2ccc(Cl)c(N3CCCC3=O)c2)C1. The maximum atomic E-state index is 13.0. The van der Waals surface area contributed by atoms with Crippen molar-refractivity contribution in [2.24, 2.45) is 5.92 Å². The average Bonchev–Trinajstić information content (AvgIpc) is 3.42. The van der Waals surface area contributed by atoms with Gasteiger partial charge in [-0.15, -0.1) is 0 Å². The quantitative estimate of drug-likeness (QED) is 0.799. The summed E-state index contributed by atoms with van der Waals surface area (Å²) in [6, 6.07) is 14.8. The first-order valence-electron chi connectivity index (χ1n) is 10.2. The largest absolute Gasteiger partial charge is 0.352 e. The summed E-state index contributed by atoms with van der Waals surface area (Å²) in [4.78, 5) is 40.9. The van der Waals surface area contributed by atoms with Crippen molar-refractivity contribution in [2.45, 2.75) is 25.8 Å². The second-order valence-corrected chi connectivity index (χ2v) is 8.16. The lowest BCUT2D eigenvalue weighted by Gasteiger charge is -2.20. The molecular formula is C23H24ClN3O3. The Labute approximate surface area is 180 Å². The number of amides is 3. The van der Waals surface area contributed by atoms with Gasteiger partial charge in [-0.05, 0) is 36.6 Å². The molecule has 1 unspecified atom stereocenters. The van der Waals surface area contributed by atoms with Crippen LogP contribution in [-0.2, 0) is 16.1 Å². The Bertz CT molecular complexity index is 963. The van der Waals surface area contributed by atoms with Crippen LogP contribution in [0.4, 0.5) is 5.69 Å². The van der Waals surface area contributed by atoms with Gasteiger partial charge in [-0.2, -0.15) is 0 Å². The number of carbonyl (C=O) groups excluding carboxylic acids is 3. The highest BCUT2D eigenvalue weighted by atomic mass is 35.5. The van der Waals surface area contributed by atoms with E-state index in [1.807, 2.05) is 30.3 Å². The molecule has 2 aromatic rings. The lowest BCUT2D eigenvalue weighted by molar-refractivity contribution is -0.124. The summed E-state index contributed by atoms with van der Waals surface area (Å²) in [6.45, 7) is 2.01. The van der Waals surface area contributed by atoms with Gasteiger partial charge in [0.25, 0.3) is 5.91 Å². The van der Waals surface area contributed by atoms with Crippen LogP contribution in [0.1, 0.15) is 35.2 Å². The van der Waals surface area contributed by atoms with E-state index >= 15 is 0 Å². The molecule has 1 N–H and O–H groups in total. The summed E-state index contributed by atoms with van der Waals surface area (Å²) < 4.78 is 0. The minimum atomic E-state index is -0.218. The van der Waals surface area contributed by atoms with Gasteiger partial charge in [0, 0.05) is 38.2 Å². The molecule has 1 atom stereocenters. The van der Waals surface area contributed by atoms with E-state index < -0.39 is 0 Å². The van der Waals surface area contributed by atoms with Crippen LogP contribution in [0.25, 0.3) is 0 Å². The third-order valence-corrected chi connectivity index (χ3v) is 6.03. The van der Waals surface area contributed by atoms with Crippen molar-refractivity contribution in [3.8, 4) is 0 Å². The Balaban J connectivity index is 1.39. The van der Waals surface area contributed by atoms with Gasteiger partial charge >= 0.3 is 0 Å². The summed E-state index contributed by atoms with van der Waals surface area (Å²) >= 11 is 6.28. The van der Waals surface area contributed by atoms with E-state index in [2.05, 4.69) is 5.32 Å². The van der Waals surface area contributed by atoms with E-state index in [1.54, 1.807) is 28.0 Å². The molecule has 30 heavy (non-hydrogen) atoms. The number of nitrogens with one attached hydrogen (secondary N) is 1. The molecule has 2 aliphatic heterocycles. The third-order valence-electron chi connectivity index (χ3n) is 5.71. The van der Waals surface area contributed by atoms with Crippen molar-refractivity contribution in [3.63, 3.8) is 0 Å². The van der Waals surface area contributed by atoms with Crippen LogP contribution in [0.5, 0.6) is 0 Å². The number of likely N-dealkylation sites (tertiary alicyclic amines) is 1. The molecule has 2 aromatic carbocycles. The van der Waals surface area contributed by atoms with Crippen LogP contribution >= 0.6 is 11.6 Å². The Morgan fingerprint density at radius 1 is 1.10 bits per heavy atom. The van der Waals surface area contributed by atoms with E-state index in [0.29, 0.717) is 55.3 Å². The van der Waals surface area contributed by atoms with Gasteiger partial charge < -0.3 is 15.1 Å². The van der Waals surface area contributed by atoms with Gasteiger partial charge in [-0.3, -0.25) is 14.4 Å². The molecular weight excluding hydrogens is 402 g/mol. The molecule has 6 nitrogen and oxygen atoms in total. The lowest BCUT2D eigenvalue weighted by atomic mass is 10.1. The van der Waals surface area contributed by atoms with Crippen molar-refractivity contribution >= 4 is 35.0 Å². The Morgan fingerprint density at radius 2 is 1.90 bits per heavy atom. The molecule has 2 fully saturated rings. The molecule has 3 amide bonds. The van der Waals surface area contributed by atoms with E-state index in [9.17, 15) is 14.4 Å². The van der Waals surface area contributed by atoms with E-state index in [0.717, 1.165) is 12.0 Å². The van der Waals surface area contributed by atoms with Crippen molar-refractivity contribution in [1.29, 1.82) is 0 Å². The molecule has 2 saturated heterocycles. The molecule has 0 spiro atoms. The topological polar surface area (TPSA) is 69.7 Å². The minimum Gasteiger partial charge on any atom is -0.352 e. The van der Waals surface area contributed by atoms with Gasteiger partial charge in [0.15, 0.2) is 0 Å². The molecule has 0 aromatic heterocycles. The van der Waals surface area contributed by atoms with Gasteiger partial charge in [-0.1, -0.05) is 41.9 Å². The highest BCUT2D eigenvalue weighted by Crippen LogP contribution is 2.31. The molecule has 0 saturated carbocycles. The standard InChI is InChI=1S/C23H24ClN3O3/c24-19-9-8-17(13-20(19)27-11-4-7-21(27)28)23(30)26-12-10-18(15-26)22(29)25-14-16-5-2-1-3-6-16/h1-3,5-6,8-9,13,18H,4,7,10-12,14-15H2,(H,25,29). The first-order chi connectivity index (χ1) is 14.5. The van der Waals surface area contributed by atoms with Gasteiger partial charge in [0.1, 0.15) is 0 Å². The van der Waals surface area contributed by atoms with Gasteiger partial charge in [0.05, 0.1) is 16.6 Å². The Morgan fingerprint density at radius 3 is 2.63 bits per heavy atom. The van der Waals surface area contributed by atoms with Crippen LogP contribution in [0.3, 0.4) is 0 Å². The van der Waals surface area contributed by atoms with Gasteiger partial charge in [-0.25, -0.2) is 0 Å². The number of hydrogen-bond acceptors (Lipinski definition) is 3. The van der Waals surface area contributed by atoms with E-state index in [4.69, 9.17) is 11.6 Å². The third kappa shape index (κ3) is 4.33. The molecule has 156 valence electrons. The number of nitrogens with zero attached hydrogens (tertiary/aromatic N) is 2. The van der Waals surface area contributed by atoms with E-state index in [1.165, 1.54) is 0 Å². The number of anilines is 1. The molecule has 7 heteroatoms. The number of rotatable bonds is 5. The molecule has 0 bridgehead atoms. The first kappa shape index (κ1) is 20.4. The maximum Gasteiger partial charge on any atom is 0.253 e. The number of carbonyl (C=O) groups is 3. The fourth-order valence-corrected chi connectivity index (χ4v) is 4.25. The second-order valence-electron chi connectivity index (χ2n) is 7.76. The van der Waals surface area contributed by atoms with Crippen LogP contribution in [0.2, 0.25) is 5.02 Å². The lowest BCUT2D eigenvalue weighted by Crippen LogP contribution is -2.34. The Kier molecular flexibility index (Phi) is 6.04. The fraction of sp³-hybridized carbons (Fsp3) is 0.348. The summed E-state index contributed by atoms with van der Waals surface area (Å²) in [7, 11) is 0. The highest BCUT2D eigenvalue weighted by molar-refractivity contribution is 6.34. The minimum absolute atomic E-state index is 0.0258. The number of benzene rings is 2. The average molecular weight is 426 g/mol. The molecule has 0 aliphatic carbocycles. The zero-order valence-corrected chi connectivity index (χ0v) is 17.4. The monoisotopic (exact) mass is 425 g/mol. The normalized spacial score (nSPS) is 18.7. The number of hydrogen-bond donors (Lipinski definition) is 1. The van der Waals surface area contributed by atoms with Crippen LogP contribution < -0.4 is 10.2 Å². The van der Waals surface area contributed by atoms with Gasteiger partial charge in [0.2, 0.25) is 11.8 Å². The maximum absolute atomic E-state index is 13.0. The zero-order valence-electron chi connectivity index (χ0n) is 16.6. The summed E-state index contributed by atoms with van der Waals surface area (Å²) in [6.07, 6.45) is 1.93. The van der Waals surface area contributed by atoms with Crippen molar-refractivity contribution < 1.29 is 14.4 Å². The van der Waals surface area contributed by atoms with Crippen LogP contribution in [0.15, 0.2) is 48.5 Å². The predicted molar refractivity (Wildman–Crippen MR) is 115 cm³/mol. The van der Waals surface area contributed by atoms with Crippen molar-refractivity contribution in [1.82, 2.24) is 10.2 Å². The van der Waals surface area contributed by atoms with E-state index in [-0.39, 0.29) is 23.6 Å². The number of halogens is 1. The van der Waals surface area contributed by atoms with Crippen LogP contribution in [0, 0.1) is 5.92 Å². The Hall–Kier alpha value is -2.86. The second kappa shape index (κ2) is 8.88. The summed E-state index contributed by atoms with van der Waals surface area (Å²) in [5.74, 6) is -0.367. The zero-order chi connectivity index (χ0) is 21.1. The summed E-state index contributed by atoms with van der Waals surface area (Å²) in [5.41, 5.74) is 2.11. The first-order valence-corrected chi connectivity index (χ1v) is 10.6. The van der Waals surface area contributed by atoms with Crippen molar-refractivity contribution in [2.75, 3.05) is 24.5 Å². The highest BCUT2D eigenvalue weighted by Gasteiger charge is 2.32. The van der Waals surface area contributed by atoms with Crippen molar-refractivity contribution in [3.05, 3.63) is 64.7 Å². The fourth-order valence-electron chi connectivity index (χ4n) is 4.03. The predicted octanol–water partition coefficient (Wildman–Crippen LogP) is 3.25. The molecule has 4 rings (SSSR count). The molecule has 2 aliphatic rings. The summed E-state index contributed by atoms with van der Waals surface area (Å²) in [5, 5.41) is 3.42.